The van der Waals surface area contributed by atoms with Gasteiger partial charge < -0.3 is 10.1 Å². The lowest BCUT2D eigenvalue weighted by Crippen LogP contribution is -2.12. The summed E-state index contributed by atoms with van der Waals surface area (Å²) in [6.45, 7) is 4.35. The van der Waals surface area contributed by atoms with Crippen molar-refractivity contribution in [2.75, 3.05) is 5.32 Å². The molecule has 1 N–H and O–H groups in total. The van der Waals surface area contributed by atoms with E-state index in [2.05, 4.69) is 26.2 Å². The van der Waals surface area contributed by atoms with Gasteiger partial charge in [0, 0.05) is 15.4 Å². The fourth-order valence-electron chi connectivity index (χ4n) is 2.27. The molecule has 0 aliphatic carbocycles. The summed E-state index contributed by atoms with van der Waals surface area (Å²) in [5, 5.41) is 5.89. The molecule has 6 heteroatoms. The number of aryl methyl sites for hydroxylation is 2. The van der Waals surface area contributed by atoms with E-state index in [0.717, 1.165) is 26.4 Å². The zero-order chi connectivity index (χ0) is 17.8. The lowest BCUT2D eigenvalue weighted by atomic mass is 10.2. The van der Waals surface area contributed by atoms with Crippen LogP contribution in [0.25, 0.3) is 0 Å². The van der Waals surface area contributed by atoms with Gasteiger partial charge in [-0.1, -0.05) is 12.1 Å². The molecule has 0 saturated carbocycles. The van der Waals surface area contributed by atoms with Crippen LogP contribution in [0.3, 0.4) is 0 Å². The summed E-state index contributed by atoms with van der Waals surface area (Å²) in [5.74, 6) is 0.459. The van der Waals surface area contributed by atoms with E-state index in [1.54, 1.807) is 29.5 Å². The van der Waals surface area contributed by atoms with Crippen LogP contribution in [-0.4, -0.2) is 10.9 Å². The number of ether oxygens (including phenoxy) is 1. The average Bonchev–Trinajstić information content (AvgIpc) is 3.01. The molecular formula is C19H17BrN2O2S. The fraction of sp³-hybridized carbons (Fsp3) is 0.158. The molecule has 1 amide bonds. The van der Waals surface area contributed by atoms with Gasteiger partial charge in [0.1, 0.15) is 12.4 Å². The summed E-state index contributed by atoms with van der Waals surface area (Å²) >= 11 is 5.06. The van der Waals surface area contributed by atoms with Gasteiger partial charge in [-0.25, -0.2) is 4.98 Å². The number of rotatable bonds is 5. The molecule has 1 aromatic heterocycles. The zero-order valence-electron chi connectivity index (χ0n) is 13.9. The Bertz CT molecular complexity index is 908. The monoisotopic (exact) mass is 416 g/mol. The van der Waals surface area contributed by atoms with Crippen LogP contribution in [0.2, 0.25) is 0 Å². The van der Waals surface area contributed by atoms with Crippen molar-refractivity contribution in [2.45, 2.75) is 20.5 Å². The number of nitrogens with one attached hydrogen (secondary N) is 1. The molecule has 0 aliphatic rings. The first-order valence-electron chi connectivity index (χ1n) is 7.72. The van der Waals surface area contributed by atoms with Crippen LogP contribution < -0.4 is 10.1 Å². The number of thiazole rings is 1. The Morgan fingerprint density at radius 1 is 1.24 bits per heavy atom. The highest BCUT2D eigenvalue weighted by molar-refractivity contribution is 9.10. The van der Waals surface area contributed by atoms with Crippen molar-refractivity contribution in [3.8, 4) is 5.75 Å². The van der Waals surface area contributed by atoms with Crippen molar-refractivity contribution in [3.05, 3.63) is 74.1 Å². The number of hydrogen-bond acceptors (Lipinski definition) is 4. The molecular weight excluding hydrogens is 400 g/mol. The van der Waals surface area contributed by atoms with Crippen LogP contribution in [0.15, 0.2) is 52.3 Å². The number of carbonyl (C=O) groups excluding carboxylic acids is 1. The van der Waals surface area contributed by atoms with Crippen LogP contribution in [0, 0.1) is 13.8 Å². The van der Waals surface area contributed by atoms with E-state index < -0.39 is 0 Å². The Balaban J connectivity index is 1.68. The zero-order valence-corrected chi connectivity index (χ0v) is 16.3. The van der Waals surface area contributed by atoms with Crippen molar-refractivity contribution in [3.63, 3.8) is 0 Å². The number of nitrogens with zero attached hydrogens (tertiary/aromatic N) is 1. The van der Waals surface area contributed by atoms with Gasteiger partial charge in [0.15, 0.2) is 0 Å². The van der Waals surface area contributed by atoms with Crippen molar-refractivity contribution in [1.82, 2.24) is 4.98 Å². The maximum Gasteiger partial charge on any atom is 0.255 e. The Labute approximate surface area is 159 Å². The first-order valence-corrected chi connectivity index (χ1v) is 9.40. The predicted molar refractivity (Wildman–Crippen MR) is 104 cm³/mol. The molecule has 25 heavy (non-hydrogen) atoms. The van der Waals surface area contributed by atoms with E-state index >= 15 is 0 Å². The molecule has 0 radical (unpaired) electrons. The molecule has 0 unspecified atom stereocenters. The number of amides is 1. The predicted octanol–water partition coefficient (Wildman–Crippen LogP) is 5.35. The minimum Gasteiger partial charge on any atom is -0.487 e. The van der Waals surface area contributed by atoms with Crippen LogP contribution in [-0.2, 0) is 6.61 Å². The van der Waals surface area contributed by atoms with Crippen LogP contribution >= 0.6 is 27.3 Å². The third-order valence-corrected chi connectivity index (χ3v) is 5.00. The number of benzene rings is 2. The minimum absolute atomic E-state index is 0.181. The van der Waals surface area contributed by atoms with Gasteiger partial charge in [0.25, 0.3) is 5.91 Å². The molecule has 2 aromatic carbocycles. The van der Waals surface area contributed by atoms with Gasteiger partial charge in [-0.3, -0.25) is 4.79 Å². The van der Waals surface area contributed by atoms with Crippen LogP contribution in [0.4, 0.5) is 5.69 Å². The minimum atomic E-state index is -0.181. The largest absolute Gasteiger partial charge is 0.487 e. The van der Waals surface area contributed by atoms with Gasteiger partial charge in [-0.2, -0.15) is 0 Å². The van der Waals surface area contributed by atoms with E-state index in [4.69, 9.17) is 4.74 Å². The maximum absolute atomic E-state index is 12.5. The molecule has 0 aliphatic heterocycles. The maximum atomic E-state index is 12.5. The molecule has 0 bridgehead atoms. The summed E-state index contributed by atoms with van der Waals surface area (Å²) in [5.41, 5.74) is 3.29. The molecule has 0 atom stereocenters. The van der Waals surface area contributed by atoms with E-state index in [-0.39, 0.29) is 5.91 Å². The molecule has 3 rings (SSSR count). The average molecular weight is 417 g/mol. The van der Waals surface area contributed by atoms with Crippen molar-refractivity contribution >= 4 is 38.9 Å². The SMILES string of the molecule is Cc1ccc(NC(=O)c2cccc(OCc3csc(C)n3)c2)c(Br)c1. The molecule has 3 aromatic rings. The molecule has 4 nitrogen and oxygen atoms in total. The molecule has 128 valence electrons. The van der Waals surface area contributed by atoms with Gasteiger partial charge in [0.05, 0.1) is 16.4 Å². The smallest absolute Gasteiger partial charge is 0.255 e. The van der Waals surface area contributed by atoms with E-state index in [1.807, 2.05) is 43.5 Å². The van der Waals surface area contributed by atoms with Gasteiger partial charge in [-0.05, 0) is 65.7 Å². The number of anilines is 1. The first-order chi connectivity index (χ1) is 12.0. The fourth-order valence-corrected chi connectivity index (χ4v) is 3.46. The second kappa shape index (κ2) is 7.80. The number of halogens is 1. The highest BCUT2D eigenvalue weighted by Gasteiger charge is 2.10. The highest BCUT2D eigenvalue weighted by Crippen LogP contribution is 2.24. The van der Waals surface area contributed by atoms with Gasteiger partial charge in [0.2, 0.25) is 0 Å². The normalized spacial score (nSPS) is 10.5. The standard InChI is InChI=1S/C19H17BrN2O2S/c1-12-6-7-18(17(20)8-12)22-19(23)14-4-3-5-16(9-14)24-10-15-11-25-13(2)21-15/h3-9,11H,10H2,1-2H3,(H,22,23). The van der Waals surface area contributed by atoms with E-state index in [1.165, 1.54) is 0 Å². The summed E-state index contributed by atoms with van der Waals surface area (Å²) in [6, 6.07) is 12.9. The van der Waals surface area contributed by atoms with Gasteiger partial charge in [-0.15, -0.1) is 11.3 Å². The number of hydrogen-bond donors (Lipinski definition) is 1. The Morgan fingerprint density at radius 3 is 2.80 bits per heavy atom. The molecule has 0 saturated heterocycles. The van der Waals surface area contributed by atoms with Crippen molar-refractivity contribution in [1.29, 1.82) is 0 Å². The third-order valence-electron chi connectivity index (χ3n) is 3.52. The first kappa shape index (κ1) is 17.6. The summed E-state index contributed by atoms with van der Waals surface area (Å²) in [4.78, 5) is 16.8. The Kier molecular flexibility index (Phi) is 5.50. The summed E-state index contributed by atoms with van der Waals surface area (Å²) < 4.78 is 6.59. The topological polar surface area (TPSA) is 51.2 Å². The second-order valence-electron chi connectivity index (χ2n) is 5.61. The lowest BCUT2D eigenvalue weighted by Gasteiger charge is -2.10. The third kappa shape index (κ3) is 4.67. The quantitative estimate of drug-likeness (QED) is 0.609. The molecule has 0 fully saturated rings. The van der Waals surface area contributed by atoms with Crippen molar-refractivity contribution in [2.24, 2.45) is 0 Å². The Morgan fingerprint density at radius 2 is 2.08 bits per heavy atom. The summed E-state index contributed by atoms with van der Waals surface area (Å²) in [7, 11) is 0. The van der Waals surface area contributed by atoms with Crippen molar-refractivity contribution < 1.29 is 9.53 Å². The number of carbonyl (C=O) groups is 1. The lowest BCUT2D eigenvalue weighted by molar-refractivity contribution is 0.102. The summed E-state index contributed by atoms with van der Waals surface area (Å²) in [6.07, 6.45) is 0. The van der Waals surface area contributed by atoms with E-state index in [9.17, 15) is 4.79 Å². The highest BCUT2D eigenvalue weighted by atomic mass is 79.9. The second-order valence-corrected chi connectivity index (χ2v) is 7.53. The molecule has 1 heterocycles. The van der Waals surface area contributed by atoms with E-state index in [0.29, 0.717) is 17.9 Å². The van der Waals surface area contributed by atoms with Gasteiger partial charge >= 0.3 is 0 Å². The number of aromatic nitrogens is 1. The van der Waals surface area contributed by atoms with Crippen LogP contribution in [0.5, 0.6) is 5.75 Å². The molecule has 0 spiro atoms. The van der Waals surface area contributed by atoms with Crippen LogP contribution in [0.1, 0.15) is 26.6 Å². The Hall–Kier alpha value is -2.18.